The van der Waals surface area contributed by atoms with Gasteiger partial charge in [0.25, 0.3) is 0 Å². The van der Waals surface area contributed by atoms with E-state index < -0.39 is 6.04 Å². The van der Waals surface area contributed by atoms with E-state index in [-0.39, 0.29) is 18.4 Å². The summed E-state index contributed by atoms with van der Waals surface area (Å²) >= 11 is 1.58. The van der Waals surface area contributed by atoms with Gasteiger partial charge in [0.1, 0.15) is 11.8 Å². The van der Waals surface area contributed by atoms with Gasteiger partial charge in [-0.25, -0.2) is 4.98 Å². The molecule has 1 atom stereocenters. The van der Waals surface area contributed by atoms with E-state index in [0.717, 1.165) is 27.2 Å². The molecule has 1 aliphatic rings. The van der Waals surface area contributed by atoms with Crippen LogP contribution < -0.4 is 5.32 Å². The SMILES string of the molecule is O=C(NCc1ccc(-c2nc3ccccc3s2)o1)C1CCCN1C(=O)Cc1ccccc1. The van der Waals surface area contributed by atoms with E-state index in [1.54, 1.807) is 16.2 Å². The van der Waals surface area contributed by atoms with Gasteiger partial charge in [0.15, 0.2) is 10.8 Å². The maximum Gasteiger partial charge on any atom is 0.243 e. The van der Waals surface area contributed by atoms with Crippen molar-refractivity contribution in [3.63, 3.8) is 0 Å². The zero-order chi connectivity index (χ0) is 21.9. The minimum absolute atomic E-state index is 0.00929. The van der Waals surface area contributed by atoms with Crippen LogP contribution in [0.3, 0.4) is 0 Å². The Morgan fingerprint density at radius 1 is 1.06 bits per heavy atom. The van der Waals surface area contributed by atoms with Gasteiger partial charge in [-0.3, -0.25) is 9.59 Å². The quantitative estimate of drug-likeness (QED) is 0.477. The molecule has 32 heavy (non-hydrogen) atoms. The summed E-state index contributed by atoms with van der Waals surface area (Å²) in [7, 11) is 0. The number of carbonyl (C=O) groups is 2. The average molecular weight is 446 g/mol. The number of aromatic nitrogens is 1. The number of rotatable bonds is 6. The normalized spacial score (nSPS) is 15.9. The number of thiazole rings is 1. The van der Waals surface area contributed by atoms with Crippen molar-refractivity contribution in [3.8, 4) is 10.8 Å². The molecule has 0 aliphatic carbocycles. The van der Waals surface area contributed by atoms with Crippen LogP contribution in [0.4, 0.5) is 0 Å². The summed E-state index contributed by atoms with van der Waals surface area (Å²) < 4.78 is 7.02. The minimum Gasteiger partial charge on any atom is -0.457 e. The van der Waals surface area contributed by atoms with Crippen molar-refractivity contribution >= 4 is 33.4 Å². The average Bonchev–Trinajstić information content (AvgIpc) is 3.57. The first-order valence-corrected chi connectivity index (χ1v) is 11.5. The predicted molar refractivity (Wildman–Crippen MR) is 124 cm³/mol. The van der Waals surface area contributed by atoms with Crippen LogP contribution in [0.5, 0.6) is 0 Å². The van der Waals surface area contributed by atoms with Crippen molar-refractivity contribution < 1.29 is 14.0 Å². The molecule has 1 unspecified atom stereocenters. The van der Waals surface area contributed by atoms with Crippen LogP contribution in [0, 0.1) is 0 Å². The van der Waals surface area contributed by atoms with E-state index in [4.69, 9.17) is 4.42 Å². The Hall–Kier alpha value is -3.45. The lowest BCUT2D eigenvalue weighted by molar-refractivity contribution is -0.138. The molecule has 1 N–H and O–H groups in total. The number of amides is 2. The predicted octanol–water partition coefficient (Wildman–Crippen LogP) is 4.41. The van der Waals surface area contributed by atoms with Gasteiger partial charge in [-0.1, -0.05) is 42.5 Å². The van der Waals surface area contributed by atoms with Crippen LogP contribution in [-0.2, 0) is 22.6 Å². The summed E-state index contributed by atoms with van der Waals surface area (Å²) in [6, 6.07) is 20.9. The van der Waals surface area contributed by atoms with Crippen LogP contribution in [0.1, 0.15) is 24.2 Å². The fourth-order valence-electron chi connectivity index (χ4n) is 4.07. The highest BCUT2D eigenvalue weighted by molar-refractivity contribution is 7.21. The van der Waals surface area contributed by atoms with Crippen molar-refractivity contribution in [1.82, 2.24) is 15.2 Å². The molecule has 2 aromatic heterocycles. The Kier molecular flexibility index (Phi) is 5.73. The first kappa shape index (κ1) is 20.5. The number of hydrogen-bond donors (Lipinski definition) is 1. The molecule has 162 valence electrons. The molecular weight excluding hydrogens is 422 g/mol. The Balaban J connectivity index is 1.20. The van der Waals surface area contributed by atoms with Gasteiger partial charge in [-0.05, 0) is 42.7 Å². The van der Waals surface area contributed by atoms with E-state index in [2.05, 4.69) is 10.3 Å². The molecule has 1 saturated heterocycles. The second-order valence-electron chi connectivity index (χ2n) is 7.88. The molecule has 1 aliphatic heterocycles. The lowest BCUT2D eigenvalue weighted by atomic mass is 10.1. The van der Waals surface area contributed by atoms with E-state index in [9.17, 15) is 9.59 Å². The lowest BCUT2D eigenvalue weighted by Gasteiger charge is -2.24. The van der Waals surface area contributed by atoms with Gasteiger partial charge in [-0.15, -0.1) is 11.3 Å². The molecule has 2 aromatic carbocycles. The number of fused-ring (bicyclic) bond motifs is 1. The monoisotopic (exact) mass is 445 g/mol. The Morgan fingerprint density at radius 2 is 1.88 bits per heavy atom. The smallest absolute Gasteiger partial charge is 0.243 e. The standard InChI is InChI=1S/C25H23N3O3S/c29-23(15-17-7-2-1-3-8-17)28-14-6-10-20(28)24(30)26-16-18-12-13-21(31-18)25-27-19-9-4-5-11-22(19)32-25/h1-5,7-9,11-13,20H,6,10,14-16H2,(H,26,30). The van der Waals surface area contributed by atoms with Crippen LogP contribution in [0.25, 0.3) is 21.0 Å². The lowest BCUT2D eigenvalue weighted by Crippen LogP contribution is -2.46. The number of hydrogen-bond acceptors (Lipinski definition) is 5. The number of nitrogens with one attached hydrogen (secondary N) is 1. The molecule has 1 fully saturated rings. The van der Waals surface area contributed by atoms with Crippen LogP contribution in [0.2, 0.25) is 0 Å². The molecule has 6 nitrogen and oxygen atoms in total. The second kappa shape index (κ2) is 8.96. The Labute approximate surface area is 189 Å². The second-order valence-corrected chi connectivity index (χ2v) is 8.91. The zero-order valence-electron chi connectivity index (χ0n) is 17.5. The van der Waals surface area contributed by atoms with Crippen LogP contribution in [0.15, 0.2) is 71.1 Å². The summed E-state index contributed by atoms with van der Waals surface area (Å²) in [4.78, 5) is 31.9. The fourth-order valence-corrected chi connectivity index (χ4v) is 4.99. The number of carbonyl (C=O) groups excluding carboxylic acids is 2. The number of para-hydroxylation sites is 1. The maximum absolute atomic E-state index is 12.8. The van der Waals surface area contributed by atoms with Crippen molar-refractivity contribution in [2.75, 3.05) is 6.54 Å². The first-order valence-electron chi connectivity index (χ1n) is 10.7. The molecule has 3 heterocycles. The minimum atomic E-state index is -0.426. The topological polar surface area (TPSA) is 75.4 Å². The Bertz CT molecular complexity index is 1210. The third-order valence-corrected chi connectivity index (χ3v) is 6.73. The number of nitrogens with zero attached hydrogens (tertiary/aromatic N) is 2. The van der Waals surface area contributed by atoms with Gasteiger partial charge in [0.2, 0.25) is 11.8 Å². The highest BCUT2D eigenvalue weighted by Crippen LogP contribution is 2.31. The summed E-state index contributed by atoms with van der Waals surface area (Å²) in [5, 5.41) is 3.75. The third-order valence-electron chi connectivity index (χ3n) is 5.68. The van der Waals surface area contributed by atoms with E-state index >= 15 is 0 Å². The van der Waals surface area contributed by atoms with E-state index in [1.165, 1.54) is 0 Å². The van der Waals surface area contributed by atoms with E-state index in [1.807, 2.05) is 66.7 Å². The van der Waals surface area contributed by atoms with Crippen molar-refractivity contribution in [1.29, 1.82) is 0 Å². The van der Waals surface area contributed by atoms with Gasteiger partial charge in [-0.2, -0.15) is 0 Å². The molecule has 0 radical (unpaired) electrons. The highest BCUT2D eigenvalue weighted by Gasteiger charge is 2.33. The van der Waals surface area contributed by atoms with Crippen molar-refractivity contribution in [2.24, 2.45) is 0 Å². The number of benzene rings is 2. The highest BCUT2D eigenvalue weighted by atomic mass is 32.1. The first-order chi connectivity index (χ1) is 15.7. The fraction of sp³-hybridized carbons (Fsp3) is 0.240. The van der Waals surface area contributed by atoms with E-state index in [0.29, 0.717) is 30.9 Å². The molecular formula is C25H23N3O3S. The summed E-state index contributed by atoms with van der Waals surface area (Å²) in [6.45, 7) is 0.896. The van der Waals surface area contributed by atoms with Crippen molar-refractivity contribution in [2.45, 2.75) is 31.8 Å². The summed E-state index contributed by atoms with van der Waals surface area (Å²) in [6.07, 6.45) is 1.83. The van der Waals surface area contributed by atoms with Crippen LogP contribution in [-0.4, -0.2) is 34.3 Å². The van der Waals surface area contributed by atoms with Gasteiger partial charge >= 0.3 is 0 Å². The third kappa shape index (κ3) is 4.29. The maximum atomic E-state index is 12.8. The molecule has 4 aromatic rings. The van der Waals surface area contributed by atoms with Crippen molar-refractivity contribution in [3.05, 3.63) is 78.1 Å². The van der Waals surface area contributed by atoms with Gasteiger partial charge in [0.05, 0.1) is 23.2 Å². The number of furan rings is 1. The van der Waals surface area contributed by atoms with Gasteiger partial charge in [0, 0.05) is 6.54 Å². The summed E-state index contributed by atoms with van der Waals surface area (Å²) in [5.74, 6) is 1.20. The van der Waals surface area contributed by atoms with Crippen LogP contribution >= 0.6 is 11.3 Å². The summed E-state index contributed by atoms with van der Waals surface area (Å²) in [5.41, 5.74) is 1.90. The molecule has 0 spiro atoms. The molecule has 5 rings (SSSR count). The molecule has 0 saturated carbocycles. The molecule has 2 amide bonds. The Morgan fingerprint density at radius 3 is 2.72 bits per heavy atom. The number of likely N-dealkylation sites (tertiary alicyclic amines) is 1. The van der Waals surface area contributed by atoms with Gasteiger partial charge < -0.3 is 14.6 Å². The largest absolute Gasteiger partial charge is 0.457 e. The zero-order valence-corrected chi connectivity index (χ0v) is 18.3. The molecule has 7 heteroatoms. The molecule has 0 bridgehead atoms.